The van der Waals surface area contributed by atoms with Crippen LogP contribution >= 0.6 is 11.8 Å². The summed E-state index contributed by atoms with van der Waals surface area (Å²) in [6, 6.07) is 13.1. The van der Waals surface area contributed by atoms with Crippen LogP contribution in [-0.4, -0.2) is 33.7 Å². The predicted molar refractivity (Wildman–Crippen MR) is 115 cm³/mol. The Morgan fingerprint density at radius 3 is 2.43 bits per heavy atom. The van der Waals surface area contributed by atoms with E-state index in [1.54, 1.807) is 24.3 Å². The van der Waals surface area contributed by atoms with Gasteiger partial charge in [0.1, 0.15) is 0 Å². The molecule has 1 aliphatic rings. The molecule has 1 saturated heterocycles. The Morgan fingerprint density at radius 1 is 1.13 bits per heavy atom. The lowest BCUT2D eigenvalue weighted by Gasteiger charge is -2.20. The summed E-state index contributed by atoms with van der Waals surface area (Å²) < 4.78 is 0. The van der Waals surface area contributed by atoms with Gasteiger partial charge in [-0.05, 0) is 35.7 Å². The van der Waals surface area contributed by atoms with E-state index in [9.17, 15) is 19.2 Å². The molecule has 1 heterocycles. The fourth-order valence-electron chi connectivity index (χ4n) is 3.20. The summed E-state index contributed by atoms with van der Waals surface area (Å²) in [7, 11) is 0. The van der Waals surface area contributed by atoms with Crippen molar-refractivity contribution in [1.82, 2.24) is 10.2 Å². The number of anilines is 1. The normalized spacial score (nSPS) is 14.5. The van der Waals surface area contributed by atoms with Gasteiger partial charge < -0.3 is 16.4 Å². The van der Waals surface area contributed by atoms with Gasteiger partial charge in [-0.25, -0.2) is 4.79 Å². The molecule has 1 unspecified atom stereocenters. The molecule has 156 valence electrons. The molecular formula is C21H22N4O4S. The largest absolute Gasteiger partial charge is 0.352 e. The van der Waals surface area contributed by atoms with Crippen molar-refractivity contribution < 1.29 is 19.2 Å². The Labute approximate surface area is 178 Å². The van der Waals surface area contributed by atoms with Crippen molar-refractivity contribution in [3.05, 3.63) is 65.2 Å². The number of rotatable bonds is 7. The molecule has 0 aromatic heterocycles. The van der Waals surface area contributed by atoms with Gasteiger partial charge in [0.05, 0.1) is 24.8 Å². The fourth-order valence-corrected chi connectivity index (χ4v) is 3.92. The Hall–Kier alpha value is -3.33. The molecule has 3 rings (SSSR count). The highest BCUT2D eigenvalue weighted by molar-refractivity contribution is 8.14. The standard InChI is InChI=1S/C21H22N4O4S/c1-13-4-2-3-5-16(13)17(24-20(22)28)10-18(26)23-15-8-6-14(7-9-15)11-25-19(27)12-30-21(25)29/h2-9,17H,10-12H2,1H3,(H,23,26)(H3,22,24,28). The van der Waals surface area contributed by atoms with Crippen LogP contribution in [0.4, 0.5) is 15.3 Å². The Kier molecular flexibility index (Phi) is 6.73. The SMILES string of the molecule is Cc1ccccc1C(CC(=O)Nc1ccc(CN2C(=O)CSC2=O)cc1)NC(N)=O. The van der Waals surface area contributed by atoms with Crippen LogP contribution in [0.5, 0.6) is 0 Å². The number of thioether (sulfide) groups is 1. The smallest absolute Gasteiger partial charge is 0.312 e. The third kappa shape index (κ3) is 5.38. The first-order valence-electron chi connectivity index (χ1n) is 9.31. The maximum Gasteiger partial charge on any atom is 0.312 e. The van der Waals surface area contributed by atoms with Gasteiger partial charge in [0, 0.05) is 5.69 Å². The van der Waals surface area contributed by atoms with E-state index in [-0.39, 0.29) is 35.8 Å². The molecule has 2 aromatic carbocycles. The first kappa shape index (κ1) is 21.4. The zero-order valence-electron chi connectivity index (χ0n) is 16.4. The Morgan fingerprint density at radius 2 is 1.83 bits per heavy atom. The topological polar surface area (TPSA) is 122 Å². The van der Waals surface area contributed by atoms with Gasteiger partial charge in [0.15, 0.2) is 0 Å². The lowest BCUT2D eigenvalue weighted by molar-refractivity contribution is -0.125. The molecule has 0 spiro atoms. The van der Waals surface area contributed by atoms with E-state index in [2.05, 4.69) is 10.6 Å². The van der Waals surface area contributed by atoms with Gasteiger partial charge in [-0.2, -0.15) is 0 Å². The monoisotopic (exact) mass is 426 g/mol. The molecular weight excluding hydrogens is 404 g/mol. The van der Waals surface area contributed by atoms with Gasteiger partial charge in [0.25, 0.3) is 5.24 Å². The van der Waals surface area contributed by atoms with Gasteiger partial charge >= 0.3 is 6.03 Å². The van der Waals surface area contributed by atoms with Crippen molar-refractivity contribution in [3.63, 3.8) is 0 Å². The van der Waals surface area contributed by atoms with Gasteiger partial charge in [0.2, 0.25) is 11.8 Å². The fraction of sp³-hybridized carbons (Fsp3) is 0.238. The minimum atomic E-state index is -0.704. The summed E-state index contributed by atoms with van der Waals surface area (Å²) >= 11 is 0.995. The number of carbonyl (C=O) groups excluding carboxylic acids is 4. The molecule has 5 amide bonds. The summed E-state index contributed by atoms with van der Waals surface area (Å²) in [4.78, 5) is 48.5. The summed E-state index contributed by atoms with van der Waals surface area (Å²) in [6.45, 7) is 2.10. The minimum Gasteiger partial charge on any atom is -0.352 e. The molecule has 4 N–H and O–H groups in total. The minimum absolute atomic E-state index is 0.0174. The third-order valence-corrected chi connectivity index (χ3v) is 5.55. The second-order valence-electron chi connectivity index (χ2n) is 6.90. The molecule has 0 saturated carbocycles. The van der Waals surface area contributed by atoms with Crippen LogP contribution in [-0.2, 0) is 16.1 Å². The van der Waals surface area contributed by atoms with Crippen LogP contribution in [0.15, 0.2) is 48.5 Å². The van der Waals surface area contributed by atoms with Gasteiger partial charge in [-0.15, -0.1) is 0 Å². The Balaban J connectivity index is 1.63. The van der Waals surface area contributed by atoms with E-state index in [0.29, 0.717) is 5.69 Å². The van der Waals surface area contributed by atoms with E-state index in [1.807, 2.05) is 31.2 Å². The van der Waals surface area contributed by atoms with E-state index < -0.39 is 12.1 Å². The second-order valence-corrected chi connectivity index (χ2v) is 7.83. The second kappa shape index (κ2) is 9.45. The lowest BCUT2D eigenvalue weighted by atomic mass is 9.98. The number of imide groups is 1. The van der Waals surface area contributed by atoms with E-state index >= 15 is 0 Å². The average Bonchev–Trinajstić information content (AvgIpc) is 3.01. The van der Waals surface area contributed by atoms with Gasteiger partial charge in [-0.1, -0.05) is 48.2 Å². The molecule has 2 aromatic rings. The molecule has 1 atom stereocenters. The van der Waals surface area contributed by atoms with Crippen LogP contribution in [0.25, 0.3) is 0 Å². The zero-order chi connectivity index (χ0) is 21.7. The molecule has 0 bridgehead atoms. The van der Waals surface area contributed by atoms with Gasteiger partial charge in [-0.3, -0.25) is 19.3 Å². The van der Waals surface area contributed by atoms with Crippen LogP contribution < -0.4 is 16.4 Å². The number of hydrogen-bond acceptors (Lipinski definition) is 5. The van der Waals surface area contributed by atoms with Crippen LogP contribution in [0.1, 0.15) is 29.2 Å². The van der Waals surface area contributed by atoms with Crippen molar-refractivity contribution in [1.29, 1.82) is 0 Å². The number of nitrogens with two attached hydrogens (primary N) is 1. The maximum atomic E-state index is 12.5. The van der Waals surface area contributed by atoms with E-state index in [0.717, 1.165) is 28.5 Å². The van der Waals surface area contributed by atoms with Crippen LogP contribution in [0, 0.1) is 6.92 Å². The van der Waals surface area contributed by atoms with Crippen molar-refractivity contribution in [2.75, 3.05) is 11.1 Å². The Bertz CT molecular complexity index is 961. The molecule has 0 radical (unpaired) electrons. The number of benzene rings is 2. The summed E-state index contributed by atoms with van der Waals surface area (Å²) in [5.41, 5.74) is 8.39. The quantitative estimate of drug-likeness (QED) is 0.628. The van der Waals surface area contributed by atoms with Crippen LogP contribution in [0.3, 0.4) is 0 Å². The highest BCUT2D eigenvalue weighted by Gasteiger charge is 2.29. The highest BCUT2D eigenvalue weighted by atomic mass is 32.2. The first-order valence-corrected chi connectivity index (χ1v) is 10.3. The molecule has 9 heteroatoms. The molecule has 0 aliphatic carbocycles. The number of urea groups is 1. The number of primary amides is 1. The summed E-state index contributed by atoms with van der Waals surface area (Å²) in [5, 5.41) is 5.16. The molecule has 30 heavy (non-hydrogen) atoms. The van der Waals surface area contributed by atoms with Crippen molar-refractivity contribution >= 4 is 40.5 Å². The third-order valence-electron chi connectivity index (χ3n) is 4.69. The molecule has 1 fully saturated rings. The van der Waals surface area contributed by atoms with Crippen molar-refractivity contribution in [3.8, 4) is 0 Å². The first-order chi connectivity index (χ1) is 14.3. The number of carbonyl (C=O) groups is 4. The highest BCUT2D eigenvalue weighted by Crippen LogP contribution is 2.23. The summed E-state index contributed by atoms with van der Waals surface area (Å²) in [6.07, 6.45) is 0.0174. The average molecular weight is 426 g/mol. The number of nitrogens with one attached hydrogen (secondary N) is 2. The van der Waals surface area contributed by atoms with Crippen molar-refractivity contribution in [2.24, 2.45) is 5.73 Å². The number of nitrogens with zero attached hydrogens (tertiary/aromatic N) is 1. The van der Waals surface area contributed by atoms with Crippen LogP contribution in [0.2, 0.25) is 0 Å². The number of aryl methyl sites for hydroxylation is 1. The molecule has 8 nitrogen and oxygen atoms in total. The molecule has 1 aliphatic heterocycles. The predicted octanol–water partition coefficient (Wildman–Crippen LogP) is 2.93. The number of hydrogen-bond donors (Lipinski definition) is 3. The van der Waals surface area contributed by atoms with E-state index in [1.165, 1.54) is 4.90 Å². The lowest BCUT2D eigenvalue weighted by Crippen LogP contribution is -2.35. The summed E-state index contributed by atoms with van der Waals surface area (Å²) in [5.74, 6) is -0.313. The van der Waals surface area contributed by atoms with E-state index in [4.69, 9.17) is 5.73 Å². The zero-order valence-corrected chi connectivity index (χ0v) is 17.2. The maximum absolute atomic E-state index is 12.5. The number of amides is 5. The van der Waals surface area contributed by atoms with Crippen molar-refractivity contribution in [2.45, 2.75) is 25.9 Å².